The van der Waals surface area contributed by atoms with Gasteiger partial charge in [0.25, 0.3) is 15.0 Å². The number of carbonyl (C=O) groups excluding carboxylic acids is 1. The second kappa shape index (κ2) is 6.74. The number of hydrogen-bond donors (Lipinski definition) is 1. The number of halogens is 1. The normalized spacial score (nSPS) is 11.1. The van der Waals surface area contributed by atoms with Gasteiger partial charge in [-0.05, 0) is 36.2 Å². The fourth-order valence-corrected chi connectivity index (χ4v) is 2.60. The lowest BCUT2D eigenvalue weighted by atomic mass is 10.1. The minimum Gasteiger partial charge on any atom is -0.352 e. The highest BCUT2D eigenvalue weighted by Gasteiger charge is 2.09. The van der Waals surface area contributed by atoms with Crippen LogP contribution in [0.4, 0.5) is 0 Å². The molecule has 0 saturated heterocycles. The van der Waals surface area contributed by atoms with Gasteiger partial charge in [0.1, 0.15) is 0 Å². The van der Waals surface area contributed by atoms with Crippen LogP contribution >= 0.6 is 10.7 Å². The lowest BCUT2D eigenvalue weighted by Gasteiger charge is -2.06. The van der Waals surface area contributed by atoms with E-state index < -0.39 is 9.05 Å². The molecule has 0 aliphatic carbocycles. The fraction of sp³-hybridized carbons (Fsp3) is 0.133. The highest BCUT2D eigenvalue weighted by atomic mass is 35.7. The third kappa shape index (κ3) is 4.58. The molecule has 0 unspecified atom stereocenters. The van der Waals surface area contributed by atoms with Gasteiger partial charge in [-0.1, -0.05) is 30.3 Å². The van der Waals surface area contributed by atoms with Crippen LogP contribution in [-0.4, -0.2) is 20.9 Å². The summed E-state index contributed by atoms with van der Waals surface area (Å²) in [6, 6.07) is 15.2. The summed E-state index contributed by atoms with van der Waals surface area (Å²) in [5.41, 5.74) is 1.54. The summed E-state index contributed by atoms with van der Waals surface area (Å²) < 4.78 is 22.2. The molecule has 0 bridgehead atoms. The van der Waals surface area contributed by atoms with Crippen molar-refractivity contribution in [2.24, 2.45) is 0 Å². The van der Waals surface area contributed by atoms with Crippen LogP contribution in [0.25, 0.3) is 0 Å². The highest BCUT2D eigenvalue weighted by molar-refractivity contribution is 8.13. The number of nitrogens with one attached hydrogen (secondary N) is 1. The third-order valence-corrected chi connectivity index (χ3v) is 4.31. The van der Waals surface area contributed by atoms with Gasteiger partial charge in [-0.25, -0.2) is 8.42 Å². The van der Waals surface area contributed by atoms with Crippen LogP contribution in [0.3, 0.4) is 0 Å². The van der Waals surface area contributed by atoms with Crippen molar-refractivity contribution in [3.8, 4) is 0 Å². The third-order valence-electron chi connectivity index (χ3n) is 2.94. The first kappa shape index (κ1) is 15.5. The Hall–Kier alpha value is -1.85. The molecule has 1 N–H and O–H groups in total. The van der Waals surface area contributed by atoms with Crippen LogP contribution in [-0.2, 0) is 15.5 Å². The van der Waals surface area contributed by atoms with Crippen LogP contribution in [0.5, 0.6) is 0 Å². The van der Waals surface area contributed by atoms with E-state index in [0.29, 0.717) is 18.5 Å². The average Bonchev–Trinajstić information content (AvgIpc) is 2.47. The molecule has 2 aromatic carbocycles. The van der Waals surface area contributed by atoms with Crippen molar-refractivity contribution < 1.29 is 13.2 Å². The SMILES string of the molecule is O=C(NCCc1ccc(S(=O)(=O)Cl)cc1)c1ccccc1. The van der Waals surface area contributed by atoms with Crippen LogP contribution in [0, 0.1) is 0 Å². The van der Waals surface area contributed by atoms with Crippen LogP contribution in [0.2, 0.25) is 0 Å². The van der Waals surface area contributed by atoms with Gasteiger partial charge < -0.3 is 5.32 Å². The van der Waals surface area contributed by atoms with E-state index in [1.165, 1.54) is 12.1 Å². The summed E-state index contributed by atoms with van der Waals surface area (Å²) in [6.45, 7) is 0.473. The second-order valence-corrected chi connectivity index (χ2v) is 7.02. The van der Waals surface area contributed by atoms with Gasteiger partial charge in [-0.15, -0.1) is 0 Å². The van der Waals surface area contributed by atoms with Crippen molar-refractivity contribution in [2.75, 3.05) is 6.54 Å². The van der Waals surface area contributed by atoms with Crippen molar-refractivity contribution in [2.45, 2.75) is 11.3 Å². The summed E-state index contributed by atoms with van der Waals surface area (Å²) in [5, 5.41) is 2.81. The Morgan fingerprint density at radius 1 is 1.00 bits per heavy atom. The largest absolute Gasteiger partial charge is 0.352 e. The van der Waals surface area contributed by atoms with Gasteiger partial charge in [0, 0.05) is 22.8 Å². The number of carbonyl (C=O) groups is 1. The number of benzene rings is 2. The van der Waals surface area contributed by atoms with Gasteiger partial charge in [0.2, 0.25) is 0 Å². The second-order valence-electron chi connectivity index (χ2n) is 4.45. The molecule has 0 radical (unpaired) electrons. The van der Waals surface area contributed by atoms with Gasteiger partial charge in [0.15, 0.2) is 0 Å². The monoisotopic (exact) mass is 323 g/mol. The number of rotatable bonds is 5. The zero-order valence-corrected chi connectivity index (χ0v) is 12.7. The van der Waals surface area contributed by atoms with Gasteiger partial charge in [-0.2, -0.15) is 0 Å². The summed E-state index contributed by atoms with van der Waals surface area (Å²) in [5.74, 6) is -0.129. The van der Waals surface area contributed by atoms with E-state index >= 15 is 0 Å². The van der Waals surface area contributed by atoms with Crippen molar-refractivity contribution in [3.05, 3.63) is 65.7 Å². The van der Waals surface area contributed by atoms with E-state index in [2.05, 4.69) is 5.32 Å². The molecule has 0 heterocycles. The van der Waals surface area contributed by atoms with Crippen LogP contribution in [0.1, 0.15) is 15.9 Å². The van der Waals surface area contributed by atoms with Crippen molar-refractivity contribution in [1.82, 2.24) is 5.32 Å². The number of amides is 1. The molecule has 2 rings (SSSR count). The molecule has 110 valence electrons. The molecule has 0 fully saturated rings. The molecule has 4 nitrogen and oxygen atoms in total. The van der Waals surface area contributed by atoms with Crippen LogP contribution < -0.4 is 5.32 Å². The van der Waals surface area contributed by atoms with E-state index in [1.807, 2.05) is 6.07 Å². The Morgan fingerprint density at radius 2 is 1.62 bits per heavy atom. The molecule has 1 amide bonds. The number of hydrogen-bond acceptors (Lipinski definition) is 3. The molecule has 2 aromatic rings. The first-order valence-corrected chi connectivity index (χ1v) is 8.64. The fourth-order valence-electron chi connectivity index (χ4n) is 1.83. The lowest BCUT2D eigenvalue weighted by molar-refractivity contribution is 0.0954. The topological polar surface area (TPSA) is 63.2 Å². The van der Waals surface area contributed by atoms with Gasteiger partial charge in [-0.3, -0.25) is 4.79 Å². The van der Waals surface area contributed by atoms with Crippen molar-refractivity contribution in [3.63, 3.8) is 0 Å². The van der Waals surface area contributed by atoms with Gasteiger partial charge in [0.05, 0.1) is 4.90 Å². The summed E-state index contributed by atoms with van der Waals surface area (Å²) >= 11 is 0. The zero-order chi connectivity index (χ0) is 15.3. The maximum Gasteiger partial charge on any atom is 0.261 e. The Bertz CT molecular complexity index is 712. The standard InChI is InChI=1S/C15H14ClNO3S/c16-21(19,20)14-8-6-12(7-9-14)10-11-17-15(18)13-4-2-1-3-5-13/h1-9H,10-11H2,(H,17,18). The summed E-state index contributed by atoms with van der Waals surface area (Å²) in [7, 11) is 1.55. The minimum atomic E-state index is -3.69. The van der Waals surface area contributed by atoms with E-state index in [4.69, 9.17) is 10.7 Å². The summed E-state index contributed by atoms with van der Waals surface area (Å²) in [4.78, 5) is 11.9. The first-order chi connectivity index (χ1) is 9.97. The Morgan fingerprint density at radius 3 is 2.19 bits per heavy atom. The highest BCUT2D eigenvalue weighted by Crippen LogP contribution is 2.15. The maximum atomic E-state index is 11.8. The van der Waals surface area contributed by atoms with E-state index in [1.54, 1.807) is 36.4 Å². The molecule has 0 aliphatic heterocycles. The maximum absolute atomic E-state index is 11.8. The van der Waals surface area contributed by atoms with E-state index in [0.717, 1.165) is 5.56 Å². The smallest absolute Gasteiger partial charge is 0.261 e. The molecule has 6 heteroatoms. The predicted molar refractivity (Wildman–Crippen MR) is 82.0 cm³/mol. The van der Waals surface area contributed by atoms with Crippen molar-refractivity contribution >= 4 is 25.6 Å². The lowest BCUT2D eigenvalue weighted by Crippen LogP contribution is -2.25. The molecule has 21 heavy (non-hydrogen) atoms. The molecule has 0 aliphatic rings. The van der Waals surface area contributed by atoms with Crippen LogP contribution in [0.15, 0.2) is 59.5 Å². The Kier molecular flexibility index (Phi) is 4.98. The molecule has 0 atom stereocenters. The molecule has 0 spiro atoms. The Balaban J connectivity index is 1.88. The minimum absolute atomic E-state index is 0.0706. The van der Waals surface area contributed by atoms with E-state index in [-0.39, 0.29) is 10.8 Å². The van der Waals surface area contributed by atoms with Gasteiger partial charge >= 0.3 is 0 Å². The quantitative estimate of drug-likeness (QED) is 0.860. The molecule has 0 saturated carbocycles. The van der Waals surface area contributed by atoms with E-state index in [9.17, 15) is 13.2 Å². The molecular weight excluding hydrogens is 310 g/mol. The Labute approximate surface area is 128 Å². The predicted octanol–water partition coefficient (Wildman–Crippen LogP) is 2.59. The molecular formula is C15H14ClNO3S. The average molecular weight is 324 g/mol. The zero-order valence-electron chi connectivity index (χ0n) is 11.1. The first-order valence-electron chi connectivity index (χ1n) is 6.34. The summed E-state index contributed by atoms with van der Waals surface area (Å²) in [6.07, 6.45) is 0.612. The molecule has 0 aromatic heterocycles. The van der Waals surface area contributed by atoms with Crippen molar-refractivity contribution in [1.29, 1.82) is 0 Å².